The highest BCUT2D eigenvalue weighted by molar-refractivity contribution is 7.19. The van der Waals surface area contributed by atoms with Crippen molar-refractivity contribution in [3.8, 4) is 11.3 Å². The van der Waals surface area contributed by atoms with Gasteiger partial charge >= 0.3 is 0 Å². The van der Waals surface area contributed by atoms with E-state index in [9.17, 15) is 4.79 Å². The average molecular weight is 361 g/mol. The Labute approximate surface area is 156 Å². The SMILES string of the molecule is Cc1c(C(=O)NCCc2ccccc2)sc2nc(-c3ccccc3)cn12. The van der Waals surface area contributed by atoms with Crippen LogP contribution in [0.15, 0.2) is 66.9 Å². The third-order valence-corrected chi connectivity index (χ3v) is 5.53. The Morgan fingerprint density at radius 1 is 1.08 bits per heavy atom. The fourth-order valence-corrected chi connectivity index (χ4v) is 3.98. The normalized spacial score (nSPS) is 11.0. The number of carbonyl (C=O) groups is 1. The molecule has 1 amide bonds. The molecule has 0 fully saturated rings. The number of aryl methyl sites for hydroxylation is 1. The molecule has 5 heteroatoms. The second-order valence-corrected chi connectivity index (χ2v) is 7.13. The Kier molecular flexibility index (Phi) is 4.54. The molecule has 0 unspecified atom stereocenters. The minimum Gasteiger partial charge on any atom is -0.351 e. The van der Waals surface area contributed by atoms with Crippen LogP contribution in [0.25, 0.3) is 16.2 Å². The number of benzene rings is 2. The van der Waals surface area contributed by atoms with Gasteiger partial charge < -0.3 is 5.32 Å². The molecule has 4 aromatic rings. The van der Waals surface area contributed by atoms with Crippen LogP contribution in [0.3, 0.4) is 0 Å². The van der Waals surface area contributed by atoms with Crippen molar-refractivity contribution in [3.05, 3.63) is 83.0 Å². The van der Waals surface area contributed by atoms with Crippen molar-refractivity contribution < 1.29 is 4.79 Å². The molecule has 0 spiro atoms. The number of fused-ring (bicyclic) bond motifs is 1. The lowest BCUT2D eigenvalue weighted by Gasteiger charge is -2.04. The van der Waals surface area contributed by atoms with Gasteiger partial charge in [-0.25, -0.2) is 4.98 Å². The maximum atomic E-state index is 12.5. The second-order valence-electron chi connectivity index (χ2n) is 6.15. The first-order valence-electron chi connectivity index (χ1n) is 8.58. The van der Waals surface area contributed by atoms with Crippen LogP contribution in [0.1, 0.15) is 20.9 Å². The molecule has 4 rings (SSSR count). The lowest BCUT2D eigenvalue weighted by molar-refractivity contribution is 0.0957. The first-order valence-corrected chi connectivity index (χ1v) is 9.40. The minimum absolute atomic E-state index is 0.0322. The van der Waals surface area contributed by atoms with Crippen LogP contribution >= 0.6 is 11.3 Å². The molecular weight excluding hydrogens is 342 g/mol. The molecule has 0 atom stereocenters. The first kappa shape index (κ1) is 16.5. The minimum atomic E-state index is -0.0322. The van der Waals surface area contributed by atoms with E-state index in [-0.39, 0.29) is 5.91 Å². The maximum Gasteiger partial charge on any atom is 0.263 e. The van der Waals surface area contributed by atoms with Crippen molar-refractivity contribution in [1.29, 1.82) is 0 Å². The van der Waals surface area contributed by atoms with Gasteiger partial charge in [0.25, 0.3) is 5.91 Å². The van der Waals surface area contributed by atoms with Gasteiger partial charge in [-0.05, 0) is 18.9 Å². The Morgan fingerprint density at radius 3 is 2.46 bits per heavy atom. The van der Waals surface area contributed by atoms with Gasteiger partial charge in [0.15, 0.2) is 4.96 Å². The van der Waals surface area contributed by atoms with Crippen molar-refractivity contribution in [1.82, 2.24) is 14.7 Å². The number of aromatic nitrogens is 2. The molecule has 0 aliphatic rings. The van der Waals surface area contributed by atoms with Crippen LogP contribution in [-0.2, 0) is 6.42 Å². The summed E-state index contributed by atoms with van der Waals surface area (Å²) in [5.74, 6) is -0.0322. The van der Waals surface area contributed by atoms with Crippen molar-refractivity contribution in [2.75, 3.05) is 6.54 Å². The Morgan fingerprint density at radius 2 is 1.77 bits per heavy atom. The van der Waals surface area contributed by atoms with Gasteiger partial charge in [-0.15, -0.1) is 0 Å². The second kappa shape index (κ2) is 7.14. The molecule has 4 nitrogen and oxygen atoms in total. The number of thiazole rings is 1. The molecule has 2 aromatic heterocycles. The highest BCUT2D eigenvalue weighted by atomic mass is 32.1. The molecule has 26 heavy (non-hydrogen) atoms. The van der Waals surface area contributed by atoms with E-state index in [1.54, 1.807) is 0 Å². The monoisotopic (exact) mass is 361 g/mol. The molecule has 1 N–H and O–H groups in total. The molecule has 2 aromatic carbocycles. The van der Waals surface area contributed by atoms with Crippen LogP contribution in [0, 0.1) is 6.92 Å². The van der Waals surface area contributed by atoms with Gasteiger partial charge in [0, 0.05) is 24.0 Å². The zero-order valence-electron chi connectivity index (χ0n) is 14.5. The number of imidazole rings is 1. The zero-order valence-corrected chi connectivity index (χ0v) is 15.3. The van der Waals surface area contributed by atoms with Crippen LogP contribution in [-0.4, -0.2) is 21.8 Å². The summed E-state index contributed by atoms with van der Waals surface area (Å²) in [4.78, 5) is 18.8. The third kappa shape index (κ3) is 3.26. The summed E-state index contributed by atoms with van der Waals surface area (Å²) < 4.78 is 2.00. The summed E-state index contributed by atoms with van der Waals surface area (Å²) in [5.41, 5.74) is 4.16. The Hall–Kier alpha value is -2.92. The van der Waals surface area contributed by atoms with E-state index < -0.39 is 0 Å². The number of nitrogens with one attached hydrogen (secondary N) is 1. The highest BCUT2D eigenvalue weighted by Crippen LogP contribution is 2.27. The van der Waals surface area contributed by atoms with E-state index in [2.05, 4.69) is 22.4 Å². The van der Waals surface area contributed by atoms with E-state index in [0.29, 0.717) is 6.54 Å². The molecule has 2 heterocycles. The fraction of sp³-hybridized carbons (Fsp3) is 0.143. The fourth-order valence-electron chi connectivity index (χ4n) is 2.95. The molecule has 0 aliphatic heterocycles. The number of rotatable bonds is 5. The van der Waals surface area contributed by atoms with Gasteiger partial charge in [-0.3, -0.25) is 9.20 Å². The lowest BCUT2D eigenvalue weighted by atomic mass is 10.1. The highest BCUT2D eigenvalue weighted by Gasteiger charge is 2.17. The third-order valence-electron chi connectivity index (χ3n) is 4.37. The largest absolute Gasteiger partial charge is 0.351 e. The summed E-state index contributed by atoms with van der Waals surface area (Å²) >= 11 is 1.43. The Bertz CT molecular complexity index is 1040. The van der Waals surface area contributed by atoms with E-state index in [1.165, 1.54) is 16.9 Å². The van der Waals surface area contributed by atoms with E-state index in [1.807, 2.05) is 66.1 Å². The van der Waals surface area contributed by atoms with Crippen LogP contribution in [0.5, 0.6) is 0 Å². The lowest BCUT2D eigenvalue weighted by Crippen LogP contribution is -2.25. The van der Waals surface area contributed by atoms with Crippen molar-refractivity contribution in [2.45, 2.75) is 13.3 Å². The zero-order chi connectivity index (χ0) is 17.9. The van der Waals surface area contributed by atoms with Crippen molar-refractivity contribution >= 4 is 22.2 Å². The predicted octanol–water partition coefficient (Wildman–Crippen LogP) is 4.34. The van der Waals surface area contributed by atoms with E-state index in [4.69, 9.17) is 0 Å². The topological polar surface area (TPSA) is 46.4 Å². The maximum absolute atomic E-state index is 12.5. The van der Waals surface area contributed by atoms with Crippen LogP contribution in [0.4, 0.5) is 0 Å². The Balaban J connectivity index is 1.49. The predicted molar refractivity (Wildman–Crippen MR) is 106 cm³/mol. The van der Waals surface area contributed by atoms with Crippen LogP contribution in [0.2, 0.25) is 0 Å². The average Bonchev–Trinajstić information content (AvgIpc) is 3.23. The number of hydrogen-bond acceptors (Lipinski definition) is 3. The number of nitrogens with zero attached hydrogens (tertiary/aromatic N) is 2. The molecule has 0 bridgehead atoms. The number of amides is 1. The summed E-state index contributed by atoms with van der Waals surface area (Å²) in [6.07, 6.45) is 2.82. The van der Waals surface area contributed by atoms with Gasteiger partial charge in [0.1, 0.15) is 4.88 Å². The van der Waals surface area contributed by atoms with Gasteiger partial charge in [0.05, 0.1) is 5.69 Å². The van der Waals surface area contributed by atoms with Crippen LogP contribution < -0.4 is 5.32 Å². The van der Waals surface area contributed by atoms with Crippen molar-refractivity contribution in [2.24, 2.45) is 0 Å². The summed E-state index contributed by atoms with van der Waals surface area (Å²) in [6, 6.07) is 20.2. The van der Waals surface area contributed by atoms with Gasteiger partial charge in [-0.2, -0.15) is 0 Å². The number of carbonyl (C=O) groups excluding carboxylic acids is 1. The van der Waals surface area contributed by atoms with E-state index in [0.717, 1.165) is 33.2 Å². The molecule has 0 saturated carbocycles. The quantitative estimate of drug-likeness (QED) is 0.575. The number of hydrogen-bond donors (Lipinski definition) is 1. The summed E-state index contributed by atoms with van der Waals surface area (Å²) in [6.45, 7) is 2.59. The molecule has 130 valence electrons. The molecule has 0 saturated heterocycles. The smallest absolute Gasteiger partial charge is 0.263 e. The van der Waals surface area contributed by atoms with Crippen molar-refractivity contribution in [3.63, 3.8) is 0 Å². The summed E-state index contributed by atoms with van der Waals surface area (Å²) in [5, 5.41) is 3.02. The van der Waals surface area contributed by atoms with E-state index >= 15 is 0 Å². The molecular formula is C21H19N3OS. The first-order chi connectivity index (χ1) is 12.7. The van der Waals surface area contributed by atoms with Gasteiger partial charge in [-0.1, -0.05) is 72.0 Å². The molecule has 0 aliphatic carbocycles. The van der Waals surface area contributed by atoms with Gasteiger partial charge in [0.2, 0.25) is 0 Å². The standard InChI is InChI=1S/C21H19N3OS/c1-15-19(20(25)22-13-12-16-8-4-2-5-9-16)26-21-23-18(14-24(15)21)17-10-6-3-7-11-17/h2-11,14H,12-13H2,1H3,(H,22,25). The summed E-state index contributed by atoms with van der Waals surface area (Å²) in [7, 11) is 0. The molecule has 0 radical (unpaired) electrons.